The average molecular weight is 370 g/mol. The summed E-state index contributed by atoms with van der Waals surface area (Å²) >= 11 is 0. The van der Waals surface area contributed by atoms with Gasteiger partial charge in [-0.2, -0.15) is 0 Å². The lowest BCUT2D eigenvalue weighted by Crippen LogP contribution is -2.36. The number of carbonyl (C=O) groups excluding carboxylic acids is 1. The number of ether oxygens (including phenoxy) is 2. The Morgan fingerprint density at radius 3 is 2.52 bits per heavy atom. The van der Waals surface area contributed by atoms with E-state index in [9.17, 15) is 25.2 Å². The van der Waals surface area contributed by atoms with Gasteiger partial charge in [0, 0.05) is 17.7 Å². The van der Waals surface area contributed by atoms with E-state index >= 15 is 0 Å². The zero-order chi connectivity index (χ0) is 19.5. The topological polar surface area (TPSA) is 116 Å². The Balaban J connectivity index is 1.83. The summed E-state index contributed by atoms with van der Waals surface area (Å²) in [6.45, 7) is 3.69. The number of aliphatic hydroxyl groups is 1. The summed E-state index contributed by atoms with van der Waals surface area (Å²) in [5, 5.41) is 40.5. The number of phenolic OH excluding ortho intramolecular Hbond substituents is 3. The fraction of sp³-hybridized carbons (Fsp3) is 0.250. The van der Waals surface area contributed by atoms with E-state index in [0.717, 1.165) is 6.07 Å². The zero-order valence-electron chi connectivity index (χ0n) is 14.6. The van der Waals surface area contributed by atoms with Gasteiger partial charge in [0.1, 0.15) is 39.9 Å². The summed E-state index contributed by atoms with van der Waals surface area (Å²) in [5.41, 5.74) is -0.259. The van der Waals surface area contributed by atoms with Gasteiger partial charge in [0.25, 0.3) is 0 Å². The maximum atomic E-state index is 12.7. The van der Waals surface area contributed by atoms with Crippen molar-refractivity contribution in [1.82, 2.24) is 0 Å². The molecule has 4 N–H and O–H groups in total. The van der Waals surface area contributed by atoms with Crippen molar-refractivity contribution in [2.75, 3.05) is 0 Å². The van der Waals surface area contributed by atoms with E-state index < -0.39 is 23.6 Å². The number of hydrogen-bond acceptors (Lipinski definition) is 7. The van der Waals surface area contributed by atoms with E-state index in [2.05, 4.69) is 0 Å². The van der Waals surface area contributed by atoms with Gasteiger partial charge in [0.2, 0.25) is 5.78 Å². The minimum Gasteiger partial charge on any atom is -0.508 e. The van der Waals surface area contributed by atoms with Crippen LogP contribution in [0, 0.1) is 0 Å². The molecule has 2 aliphatic rings. The molecule has 0 radical (unpaired) electrons. The third kappa shape index (κ3) is 2.67. The Kier molecular flexibility index (Phi) is 3.61. The molecule has 0 spiro atoms. The van der Waals surface area contributed by atoms with Gasteiger partial charge in [0.15, 0.2) is 12.2 Å². The van der Waals surface area contributed by atoms with E-state index in [0.29, 0.717) is 11.3 Å². The number of aliphatic hydroxyl groups excluding tert-OH is 1. The lowest BCUT2D eigenvalue weighted by Gasteiger charge is -2.33. The highest BCUT2D eigenvalue weighted by Gasteiger charge is 2.41. The SMILES string of the molecule is CC1(C)C=Cc2c(cc3c(c2O)C(=O)C(O)C(c2ccc(O)cc2O)O3)O1. The number of rotatable bonds is 1. The van der Waals surface area contributed by atoms with Crippen LogP contribution in [-0.2, 0) is 0 Å². The molecule has 2 unspecified atom stereocenters. The van der Waals surface area contributed by atoms with Crippen LogP contribution in [0.4, 0.5) is 0 Å². The molecular formula is C20H18O7. The molecule has 7 nitrogen and oxygen atoms in total. The first-order valence-corrected chi connectivity index (χ1v) is 8.37. The smallest absolute Gasteiger partial charge is 0.202 e. The number of carbonyl (C=O) groups is 1. The molecule has 0 fully saturated rings. The predicted octanol–water partition coefficient (Wildman–Crippen LogP) is 2.66. The van der Waals surface area contributed by atoms with Gasteiger partial charge in [-0.25, -0.2) is 0 Å². The van der Waals surface area contributed by atoms with Crippen molar-refractivity contribution in [2.24, 2.45) is 0 Å². The molecule has 27 heavy (non-hydrogen) atoms. The minimum absolute atomic E-state index is 0.0464. The molecule has 2 aromatic rings. The van der Waals surface area contributed by atoms with E-state index in [1.165, 1.54) is 18.2 Å². The van der Waals surface area contributed by atoms with Crippen molar-refractivity contribution < 1.29 is 34.7 Å². The van der Waals surface area contributed by atoms with Crippen LogP contribution in [0.5, 0.6) is 28.7 Å². The normalized spacial score (nSPS) is 22.4. The van der Waals surface area contributed by atoms with Crippen molar-refractivity contribution in [3.8, 4) is 28.7 Å². The maximum absolute atomic E-state index is 12.7. The van der Waals surface area contributed by atoms with Gasteiger partial charge in [0.05, 0.1) is 5.56 Å². The van der Waals surface area contributed by atoms with Gasteiger partial charge < -0.3 is 29.9 Å². The molecular weight excluding hydrogens is 352 g/mol. The molecule has 2 aliphatic heterocycles. The Morgan fingerprint density at radius 2 is 1.81 bits per heavy atom. The van der Waals surface area contributed by atoms with Crippen LogP contribution in [0.2, 0.25) is 0 Å². The van der Waals surface area contributed by atoms with Crippen LogP contribution < -0.4 is 9.47 Å². The van der Waals surface area contributed by atoms with Crippen LogP contribution in [0.15, 0.2) is 30.3 Å². The Labute approximate surface area is 154 Å². The van der Waals surface area contributed by atoms with E-state index in [1.54, 1.807) is 12.2 Å². The standard InChI is InChI=1S/C20H18O7/c1-20(2)6-5-11-13(27-20)8-14-15(16(11)23)17(24)18(25)19(26-14)10-4-3-9(21)7-12(10)22/h3-8,18-19,21-23,25H,1-2H3. The summed E-state index contributed by atoms with van der Waals surface area (Å²) in [4.78, 5) is 12.7. The molecule has 4 rings (SSSR count). The number of phenols is 3. The molecule has 0 saturated carbocycles. The number of benzene rings is 2. The van der Waals surface area contributed by atoms with Crippen molar-refractivity contribution >= 4 is 11.9 Å². The van der Waals surface area contributed by atoms with Crippen LogP contribution in [0.1, 0.15) is 41.4 Å². The van der Waals surface area contributed by atoms with Gasteiger partial charge in [-0.1, -0.05) is 0 Å². The molecule has 0 amide bonds. The first-order valence-electron chi connectivity index (χ1n) is 8.37. The van der Waals surface area contributed by atoms with Gasteiger partial charge in [-0.05, 0) is 38.1 Å². The highest BCUT2D eigenvalue weighted by atomic mass is 16.5. The van der Waals surface area contributed by atoms with Crippen LogP contribution in [-0.4, -0.2) is 37.9 Å². The second-order valence-electron chi connectivity index (χ2n) is 7.14. The highest BCUT2D eigenvalue weighted by molar-refractivity contribution is 6.07. The molecule has 2 atom stereocenters. The maximum Gasteiger partial charge on any atom is 0.202 e. The number of ketones is 1. The minimum atomic E-state index is -1.64. The van der Waals surface area contributed by atoms with Crippen LogP contribution in [0.3, 0.4) is 0 Å². The molecule has 0 aromatic heterocycles. The second-order valence-corrected chi connectivity index (χ2v) is 7.14. The molecule has 140 valence electrons. The Bertz CT molecular complexity index is 990. The molecule has 2 heterocycles. The number of hydrogen-bond donors (Lipinski definition) is 4. The lowest BCUT2D eigenvalue weighted by atomic mass is 9.90. The van der Waals surface area contributed by atoms with Gasteiger partial charge in [-0.15, -0.1) is 0 Å². The molecule has 2 aromatic carbocycles. The van der Waals surface area contributed by atoms with Gasteiger partial charge in [-0.3, -0.25) is 4.79 Å². The molecule has 0 aliphatic carbocycles. The summed E-state index contributed by atoms with van der Waals surface area (Å²) < 4.78 is 11.6. The predicted molar refractivity (Wildman–Crippen MR) is 95.3 cm³/mol. The third-order valence-corrected chi connectivity index (χ3v) is 4.67. The summed E-state index contributed by atoms with van der Waals surface area (Å²) in [7, 11) is 0. The number of aromatic hydroxyl groups is 3. The third-order valence-electron chi connectivity index (χ3n) is 4.67. The monoisotopic (exact) mass is 370 g/mol. The largest absolute Gasteiger partial charge is 0.508 e. The zero-order valence-corrected chi connectivity index (χ0v) is 14.6. The first-order chi connectivity index (χ1) is 12.7. The fourth-order valence-corrected chi connectivity index (χ4v) is 3.31. The van der Waals surface area contributed by atoms with Crippen molar-refractivity contribution in [3.63, 3.8) is 0 Å². The van der Waals surface area contributed by atoms with E-state index in [4.69, 9.17) is 9.47 Å². The van der Waals surface area contributed by atoms with E-state index in [1.807, 2.05) is 13.8 Å². The van der Waals surface area contributed by atoms with Crippen LogP contribution >= 0.6 is 0 Å². The highest BCUT2D eigenvalue weighted by Crippen LogP contribution is 2.48. The van der Waals surface area contributed by atoms with Crippen LogP contribution in [0.25, 0.3) is 6.08 Å². The summed E-state index contributed by atoms with van der Waals surface area (Å²) in [6, 6.07) is 5.25. The molecule has 0 saturated heterocycles. The van der Waals surface area contributed by atoms with Crippen molar-refractivity contribution in [3.05, 3.63) is 47.0 Å². The van der Waals surface area contributed by atoms with Gasteiger partial charge >= 0.3 is 0 Å². The van der Waals surface area contributed by atoms with E-state index in [-0.39, 0.29) is 34.1 Å². The molecule has 7 heteroatoms. The lowest BCUT2D eigenvalue weighted by molar-refractivity contribution is 0.0201. The average Bonchev–Trinajstić information content (AvgIpc) is 2.57. The fourth-order valence-electron chi connectivity index (χ4n) is 3.31. The van der Waals surface area contributed by atoms with Crippen molar-refractivity contribution in [2.45, 2.75) is 31.7 Å². The Morgan fingerprint density at radius 1 is 1.07 bits per heavy atom. The summed E-state index contributed by atoms with van der Waals surface area (Å²) in [6.07, 6.45) is 0.576. The Hall–Kier alpha value is -3.19. The second kappa shape index (κ2) is 5.65. The molecule has 0 bridgehead atoms. The summed E-state index contributed by atoms with van der Waals surface area (Å²) in [5.74, 6) is -1.15. The number of fused-ring (bicyclic) bond motifs is 2. The quantitative estimate of drug-likeness (QED) is 0.610. The first kappa shape index (κ1) is 17.2. The van der Waals surface area contributed by atoms with Crippen molar-refractivity contribution in [1.29, 1.82) is 0 Å². The number of Topliss-reactive ketones (excluding diaryl/α,β-unsaturated/α-hetero) is 1.